The molecule has 1 aromatic rings. The molecule has 2 heterocycles. The van der Waals surface area contributed by atoms with Crippen LogP contribution < -0.4 is 10.6 Å². The van der Waals surface area contributed by atoms with Crippen LogP contribution in [0.25, 0.3) is 0 Å². The van der Waals surface area contributed by atoms with E-state index in [2.05, 4.69) is 32.4 Å². The van der Waals surface area contributed by atoms with Crippen molar-refractivity contribution in [2.24, 2.45) is 10.9 Å². The minimum Gasteiger partial charge on any atom is -0.356 e. The molecule has 0 atom stereocenters. The van der Waals surface area contributed by atoms with Crippen LogP contribution in [-0.4, -0.2) is 66.0 Å². The maximum absolute atomic E-state index is 12.7. The molecule has 3 rings (SSSR count). The van der Waals surface area contributed by atoms with E-state index in [0.29, 0.717) is 11.9 Å². The predicted octanol–water partition coefficient (Wildman–Crippen LogP) is 2.91. The van der Waals surface area contributed by atoms with Crippen LogP contribution in [0.1, 0.15) is 35.6 Å². The Hall–Kier alpha value is -0.550. The van der Waals surface area contributed by atoms with Crippen molar-refractivity contribution in [3.05, 3.63) is 16.1 Å². The van der Waals surface area contributed by atoms with Crippen molar-refractivity contribution in [2.45, 2.75) is 45.1 Å². The zero-order valence-electron chi connectivity index (χ0n) is 16.8. The molecular formula is C19H32IN5OS2. The van der Waals surface area contributed by atoms with Crippen molar-refractivity contribution in [2.75, 3.05) is 38.2 Å². The van der Waals surface area contributed by atoms with Gasteiger partial charge in [-0.25, -0.2) is 4.98 Å². The number of nitrogens with zero attached hydrogens (tertiary/aromatic N) is 3. The van der Waals surface area contributed by atoms with Crippen molar-refractivity contribution in [3.63, 3.8) is 0 Å². The monoisotopic (exact) mass is 537 g/mol. The second kappa shape index (κ2) is 12.2. The fourth-order valence-corrected chi connectivity index (χ4v) is 5.41. The first-order chi connectivity index (χ1) is 13.2. The molecule has 1 amide bonds. The Labute approximate surface area is 193 Å². The molecular weight excluding hydrogens is 505 g/mol. The standard InChI is InChI=1S/C19H31N5OS2.HI/c1-14-13-22-17(27-14)7-8-21-19(20-2)23-16-5-3-15(4-6-16)18(25)24-9-11-26-12-10-24;/h13,15-16H,3-12H2,1-2H3,(H2,20,21,23);1H. The van der Waals surface area contributed by atoms with E-state index in [1.54, 1.807) is 11.3 Å². The van der Waals surface area contributed by atoms with Crippen LogP contribution in [0.5, 0.6) is 0 Å². The summed E-state index contributed by atoms with van der Waals surface area (Å²) in [7, 11) is 1.81. The Bertz CT molecular complexity index is 640. The second-order valence-corrected chi connectivity index (χ2v) is 9.79. The number of carbonyl (C=O) groups excluding carboxylic acids is 1. The number of thioether (sulfide) groups is 1. The van der Waals surface area contributed by atoms with E-state index in [0.717, 1.165) is 74.2 Å². The van der Waals surface area contributed by atoms with Gasteiger partial charge in [0.05, 0.1) is 5.01 Å². The predicted molar refractivity (Wildman–Crippen MR) is 130 cm³/mol. The highest BCUT2D eigenvalue weighted by atomic mass is 127. The summed E-state index contributed by atoms with van der Waals surface area (Å²) in [6.07, 6.45) is 6.87. The zero-order chi connectivity index (χ0) is 19.1. The van der Waals surface area contributed by atoms with E-state index in [1.807, 2.05) is 25.0 Å². The number of aryl methyl sites for hydroxylation is 1. The fraction of sp³-hybridized carbons (Fsp3) is 0.737. The van der Waals surface area contributed by atoms with Gasteiger partial charge in [-0.15, -0.1) is 35.3 Å². The van der Waals surface area contributed by atoms with E-state index in [4.69, 9.17) is 0 Å². The van der Waals surface area contributed by atoms with Gasteiger partial charge >= 0.3 is 0 Å². The first-order valence-electron chi connectivity index (χ1n) is 9.90. The van der Waals surface area contributed by atoms with Crippen molar-refractivity contribution >= 4 is 58.9 Å². The number of carbonyl (C=O) groups is 1. The molecule has 0 bridgehead atoms. The number of hydrogen-bond donors (Lipinski definition) is 2. The first-order valence-corrected chi connectivity index (χ1v) is 11.9. The zero-order valence-corrected chi connectivity index (χ0v) is 20.7. The molecule has 1 aliphatic heterocycles. The molecule has 1 saturated carbocycles. The van der Waals surface area contributed by atoms with Crippen molar-refractivity contribution in [3.8, 4) is 0 Å². The smallest absolute Gasteiger partial charge is 0.225 e. The molecule has 6 nitrogen and oxygen atoms in total. The summed E-state index contributed by atoms with van der Waals surface area (Å²) in [6, 6.07) is 0.402. The lowest BCUT2D eigenvalue weighted by atomic mass is 9.85. The summed E-state index contributed by atoms with van der Waals surface area (Å²) >= 11 is 3.70. The highest BCUT2D eigenvalue weighted by Crippen LogP contribution is 2.27. The summed E-state index contributed by atoms with van der Waals surface area (Å²) in [5.41, 5.74) is 0. The Morgan fingerprint density at radius 2 is 2.00 bits per heavy atom. The average Bonchev–Trinajstić information content (AvgIpc) is 3.13. The van der Waals surface area contributed by atoms with Crippen LogP contribution in [0.4, 0.5) is 0 Å². The van der Waals surface area contributed by atoms with Gasteiger partial charge in [0, 0.05) is 67.6 Å². The number of guanidine groups is 1. The molecule has 2 aliphatic rings. The largest absolute Gasteiger partial charge is 0.356 e. The molecule has 1 saturated heterocycles. The van der Waals surface area contributed by atoms with Gasteiger partial charge in [-0.1, -0.05) is 0 Å². The van der Waals surface area contributed by atoms with E-state index < -0.39 is 0 Å². The second-order valence-electron chi connectivity index (χ2n) is 7.24. The molecule has 2 N–H and O–H groups in total. The van der Waals surface area contributed by atoms with Crippen LogP contribution in [-0.2, 0) is 11.2 Å². The lowest BCUT2D eigenvalue weighted by molar-refractivity contribution is -0.136. The highest BCUT2D eigenvalue weighted by molar-refractivity contribution is 14.0. The average molecular weight is 538 g/mol. The Kier molecular flexibility index (Phi) is 10.4. The lowest BCUT2D eigenvalue weighted by Gasteiger charge is -2.34. The topological polar surface area (TPSA) is 69.6 Å². The number of halogens is 1. The third kappa shape index (κ3) is 7.05. The summed E-state index contributed by atoms with van der Waals surface area (Å²) in [4.78, 5) is 24.7. The number of aromatic nitrogens is 1. The molecule has 0 unspecified atom stereocenters. The van der Waals surface area contributed by atoms with Gasteiger partial charge < -0.3 is 15.5 Å². The molecule has 2 fully saturated rings. The summed E-state index contributed by atoms with van der Waals surface area (Å²) in [6.45, 7) is 4.77. The molecule has 0 radical (unpaired) electrons. The van der Waals surface area contributed by atoms with Crippen molar-refractivity contribution < 1.29 is 4.79 Å². The molecule has 1 aromatic heterocycles. The minimum atomic E-state index is 0. The SMILES string of the molecule is CN=C(NCCc1ncc(C)s1)NC1CCC(C(=O)N2CCSCC2)CC1.I. The Morgan fingerprint density at radius 3 is 2.61 bits per heavy atom. The van der Waals surface area contributed by atoms with Gasteiger partial charge in [0.2, 0.25) is 5.91 Å². The van der Waals surface area contributed by atoms with Gasteiger partial charge in [-0.2, -0.15) is 11.8 Å². The van der Waals surface area contributed by atoms with Crippen LogP contribution in [0.3, 0.4) is 0 Å². The first kappa shape index (κ1) is 23.7. The van der Waals surface area contributed by atoms with Crippen molar-refractivity contribution in [1.82, 2.24) is 20.5 Å². The number of nitrogens with one attached hydrogen (secondary N) is 2. The summed E-state index contributed by atoms with van der Waals surface area (Å²) in [5.74, 6) is 3.63. The minimum absolute atomic E-state index is 0. The van der Waals surface area contributed by atoms with Gasteiger partial charge in [0.25, 0.3) is 0 Å². The Balaban J connectivity index is 0.00000280. The highest BCUT2D eigenvalue weighted by Gasteiger charge is 2.30. The maximum Gasteiger partial charge on any atom is 0.225 e. The number of amides is 1. The van der Waals surface area contributed by atoms with Crippen LogP contribution in [0, 0.1) is 12.8 Å². The van der Waals surface area contributed by atoms with Crippen LogP contribution in [0.2, 0.25) is 0 Å². The third-order valence-electron chi connectivity index (χ3n) is 5.26. The van der Waals surface area contributed by atoms with E-state index >= 15 is 0 Å². The summed E-state index contributed by atoms with van der Waals surface area (Å²) in [5, 5.41) is 8.08. The van der Waals surface area contributed by atoms with E-state index in [9.17, 15) is 4.79 Å². The normalized spacial score (nSPS) is 23.1. The summed E-state index contributed by atoms with van der Waals surface area (Å²) < 4.78 is 0. The lowest BCUT2D eigenvalue weighted by Crippen LogP contribution is -2.47. The number of aliphatic imine (C=N–C) groups is 1. The molecule has 1 aliphatic carbocycles. The van der Waals surface area contributed by atoms with E-state index in [1.165, 1.54) is 4.88 Å². The number of hydrogen-bond acceptors (Lipinski definition) is 5. The molecule has 28 heavy (non-hydrogen) atoms. The van der Waals surface area contributed by atoms with Crippen LogP contribution in [0.15, 0.2) is 11.2 Å². The van der Waals surface area contributed by atoms with Crippen LogP contribution >= 0.6 is 47.1 Å². The number of thiazole rings is 1. The number of rotatable bonds is 5. The van der Waals surface area contributed by atoms with Crippen molar-refractivity contribution in [1.29, 1.82) is 0 Å². The fourth-order valence-electron chi connectivity index (χ4n) is 3.72. The van der Waals surface area contributed by atoms with E-state index in [-0.39, 0.29) is 29.9 Å². The maximum atomic E-state index is 12.7. The van der Waals surface area contributed by atoms with Gasteiger partial charge in [0.15, 0.2) is 5.96 Å². The third-order valence-corrected chi connectivity index (χ3v) is 7.18. The Morgan fingerprint density at radius 1 is 1.29 bits per heavy atom. The molecule has 158 valence electrons. The molecule has 0 aromatic carbocycles. The van der Waals surface area contributed by atoms with Gasteiger partial charge in [-0.3, -0.25) is 9.79 Å². The van der Waals surface area contributed by atoms with Gasteiger partial charge in [-0.05, 0) is 32.6 Å². The molecule has 9 heteroatoms. The molecule has 0 spiro atoms. The van der Waals surface area contributed by atoms with Gasteiger partial charge in [0.1, 0.15) is 0 Å². The quantitative estimate of drug-likeness (QED) is 0.344.